The van der Waals surface area contributed by atoms with Crippen molar-refractivity contribution in [1.82, 2.24) is 5.32 Å². The highest BCUT2D eigenvalue weighted by atomic mass is 16.5. The van der Waals surface area contributed by atoms with Crippen molar-refractivity contribution in [3.8, 4) is 6.07 Å². The zero-order chi connectivity index (χ0) is 15.0. The summed E-state index contributed by atoms with van der Waals surface area (Å²) in [5.74, 6) is -0.200. The van der Waals surface area contributed by atoms with E-state index < -0.39 is 0 Å². The summed E-state index contributed by atoms with van der Waals surface area (Å²) in [6.07, 6.45) is 4.77. The van der Waals surface area contributed by atoms with Crippen LogP contribution in [0.2, 0.25) is 0 Å². The smallest absolute Gasteiger partial charge is 0.308 e. The number of rotatable bonds is 7. The van der Waals surface area contributed by atoms with Gasteiger partial charge >= 0.3 is 5.97 Å². The summed E-state index contributed by atoms with van der Waals surface area (Å²) in [4.78, 5) is 23.6. The van der Waals surface area contributed by atoms with Crippen molar-refractivity contribution in [2.45, 2.75) is 70.9 Å². The molecule has 5 nitrogen and oxygen atoms in total. The second-order valence-corrected chi connectivity index (χ2v) is 5.48. The topological polar surface area (TPSA) is 79.2 Å². The molecule has 0 aliphatic heterocycles. The first kappa shape index (κ1) is 16.5. The Labute approximate surface area is 120 Å². The van der Waals surface area contributed by atoms with Crippen LogP contribution < -0.4 is 5.32 Å². The van der Waals surface area contributed by atoms with Crippen molar-refractivity contribution < 1.29 is 14.3 Å². The zero-order valence-electron chi connectivity index (χ0n) is 12.4. The number of nitrogens with one attached hydrogen (secondary N) is 1. The zero-order valence-corrected chi connectivity index (χ0v) is 12.4. The summed E-state index contributed by atoms with van der Waals surface area (Å²) in [7, 11) is 0. The Bertz CT molecular complexity index is 370. The van der Waals surface area contributed by atoms with Crippen LogP contribution in [0.5, 0.6) is 0 Å². The fourth-order valence-electron chi connectivity index (χ4n) is 2.45. The molecule has 1 fully saturated rings. The van der Waals surface area contributed by atoms with Crippen LogP contribution in [0.3, 0.4) is 0 Å². The van der Waals surface area contributed by atoms with Crippen molar-refractivity contribution in [2.75, 3.05) is 0 Å². The van der Waals surface area contributed by atoms with Gasteiger partial charge in [-0.25, -0.2) is 0 Å². The Kier molecular flexibility index (Phi) is 7.06. The van der Waals surface area contributed by atoms with Gasteiger partial charge in [-0.3, -0.25) is 9.59 Å². The second-order valence-electron chi connectivity index (χ2n) is 5.48. The lowest BCUT2D eigenvalue weighted by Gasteiger charge is -2.18. The fourth-order valence-corrected chi connectivity index (χ4v) is 2.45. The number of hydrogen-bond donors (Lipinski definition) is 1. The lowest BCUT2D eigenvalue weighted by atomic mass is 10.1. The van der Waals surface area contributed by atoms with Crippen LogP contribution in [0.4, 0.5) is 0 Å². The molecule has 0 heterocycles. The maximum Gasteiger partial charge on any atom is 0.308 e. The van der Waals surface area contributed by atoms with Gasteiger partial charge in [0.2, 0.25) is 5.91 Å². The lowest BCUT2D eigenvalue weighted by Crippen LogP contribution is -2.38. The molecule has 1 rings (SSSR count). The van der Waals surface area contributed by atoms with Gasteiger partial charge < -0.3 is 10.1 Å². The fraction of sp³-hybridized carbons (Fsp3) is 0.800. The minimum Gasteiger partial charge on any atom is -0.461 e. The number of hydrogen-bond acceptors (Lipinski definition) is 4. The number of amides is 1. The van der Waals surface area contributed by atoms with E-state index in [0.717, 1.165) is 25.7 Å². The van der Waals surface area contributed by atoms with E-state index in [9.17, 15) is 9.59 Å². The molecule has 5 heteroatoms. The van der Waals surface area contributed by atoms with Gasteiger partial charge in [0.1, 0.15) is 6.10 Å². The summed E-state index contributed by atoms with van der Waals surface area (Å²) in [6.45, 7) is 3.68. The van der Waals surface area contributed by atoms with E-state index in [4.69, 9.17) is 10.00 Å². The number of carbonyl (C=O) groups excluding carboxylic acids is 2. The molecular weight excluding hydrogens is 256 g/mol. The molecule has 1 amide bonds. The Balaban J connectivity index is 2.30. The predicted molar refractivity (Wildman–Crippen MR) is 74.6 cm³/mol. The molecule has 2 atom stereocenters. The van der Waals surface area contributed by atoms with Crippen molar-refractivity contribution in [3.63, 3.8) is 0 Å². The van der Waals surface area contributed by atoms with Gasteiger partial charge in [0.15, 0.2) is 0 Å². The van der Waals surface area contributed by atoms with E-state index >= 15 is 0 Å². The van der Waals surface area contributed by atoms with Gasteiger partial charge in [-0.05, 0) is 26.2 Å². The third-order valence-corrected chi connectivity index (χ3v) is 3.66. The highest BCUT2D eigenvalue weighted by Gasteiger charge is 2.24. The van der Waals surface area contributed by atoms with Crippen LogP contribution >= 0.6 is 0 Å². The molecule has 0 spiro atoms. The molecule has 0 aromatic carbocycles. The lowest BCUT2D eigenvalue weighted by molar-refractivity contribution is -0.149. The molecule has 0 radical (unpaired) electrons. The van der Waals surface area contributed by atoms with Crippen molar-refractivity contribution in [1.29, 1.82) is 5.26 Å². The molecule has 0 bridgehead atoms. The van der Waals surface area contributed by atoms with E-state index in [-0.39, 0.29) is 42.8 Å². The minimum atomic E-state index is -0.355. The van der Waals surface area contributed by atoms with Gasteiger partial charge in [0.25, 0.3) is 0 Å². The van der Waals surface area contributed by atoms with Gasteiger partial charge in [0.05, 0.1) is 18.9 Å². The maximum atomic E-state index is 11.9. The number of esters is 1. The van der Waals surface area contributed by atoms with Crippen molar-refractivity contribution in [2.24, 2.45) is 5.92 Å². The van der Waals surface area contributed by atoms with Crippen LogP contribution in [0, 0.1) is 17.2 Å². The average molecular weight is 280 g/mol. The molecule has 0 unspecified atom stereocenters. The molecule has 1 aliphatic rings. The maximum absolute atomic E-state index is 11.9. The average Bonchev–Trinajstić information content (AvgIpc) is 2.91. The van der Waals surface area contributed by atoms with E-state index in [1.54, 1.807) is 6.92 Å². The highest BCUT2D eigenvalue weighted by Crippen LogP contribution is 2.24. The monoisotopic (exact) mass is 280 g/mol. The summed E-state index contributed by atoms with van der Waals surface area (Å²) >= 11 is 0. The Morgan fingerprint density at radius 2 is 2.05 bits per heavy atom. The molecule has 1 saturated carbocycles. The summed E-state index contributed by atoms with van der Waals surface area (Å²) < 4.78 is 5.21. The summed E-state index contributed by atoms with van der Waals surface area (Å²) in [5, 5.41) is 11.5. The summed E-state index contributed by atoms with van der Waals surface area (Å²) in [6, 6.07) is 1.77. The number of ether oxygens (including phenoxy) is 1. The molecule has 0 saturated heterocycles. The van der Waals surface area contributed by atoms with Gasteiger partial charge in [-0.2, -0.15) is 5.26 Å². The SMILES string of the molecule is CC[C@@H](CC#N)OC(=O)C[C@H](C)NC(=O)C1CCCC1. The Morgan fingerprint density at radius 3 is 2.60 bits per heavy atom. The molecule has 112 valence electrons. The van der Waals surface area contributed by atoms with Crippen molar-refractivity contribution in [3.05, 3.63) is 0 Å². The van der Waals surface area contributed by atoms with Crippen LogP contribution in [-0.4, -0.2) is 24.0 Å². The molecule has 20 heavy (non-hydrogen) atoms. The molecule has 0 aromatic heterocycles. The third kappa shape index (κ3) is 5.60. The number of carbonyl (C=O) groups is 2. The second kappa shape index (κ2) is 8.57. The largest absolute Gasteiger partial charge is 0.461 e. The van der Waals surface area contributed by atoms with Crippen molar-refractivity contribution >= 4 is 11.9 Å². The minimum absolute atomic E-state index is 0.0480. The van der Waals surface area contributed by atoms with Crippen LogP contribution in [0.25, 0.3) is 0 Å². The van der Waals surface area contributed by atoms with Crippen LogP contribution in [0.1, 0.15) is 58.8 Å². The van der Waals surface area contributed by atoms with E-state index in [1.807, 2.05) is 13.0 Å². The molecular formula is C15H24N2O3. The standard InChI is InChI=1S/C15H24N2O3/c1-3-13(8-9-16)20-14(18)10-11(2)17-15(19)12-6-4-5-7-12/h11-13H,3-8,10H2,1-2H3,(H,17,19)/t11-,13-/m0/s1. The number of nitrogens with zero attached hydrogens (tertiary/aromatic N) is 1. The molecule has 0 aromatic rings. The Hall–Kier alpha value is -1.57. The van der Waals surface area contributed by atoms with Gasteiger partial charge in [-0.1, -0.05) is 19.8 Å². The highest BCUT2D eigenvalue weighted by molar-refractivity contribution is 5.80. The predicted octanol–water partition coefficient (Wildman–Crippen LogP) is 2.31. The Morgan fingerprint density at radius 1 is 1.40 bits per heavy atom. The molecule has 1 aliphatic carbocycles. The normalized spacial score (nSPS) is 18.1. The first-order valence-corrected chi connectivity index (χ1v) is 7.43. The quantitative estimate of drug-likeness (QED) is 0.726. The van der Waals surface area contributed by atoms with Crippen LogP contribution in [0.15, 0.2) is 0 Å². The molecule has 1 N–H and O–H groups in total. The van der Waals surface area contributed by atoms with E-state index in [2.05, 4.69) is 5.32 Å². The summed E-state index contributed by atoms with van der Waals surface area (Å²) in [5.41, 5.74) is 0. The van der Waals surface area contributed by atoms with Crippen LogP contribution in [-0.2, 0) is 14.3 Å². The van der Waals surface area contributed by atoms with E-state index in [0.29, 0.717) is 6.42 Å². The first-order valence-electron chi connectivity index (χ1n) is 7.43. The number of nitriles is 1. The van der Waals surface area contributed by atoms with Gasteiger partial charge in [-0.15, -0.1) is 0 Å². The van der Waals surface area contributed by atoms with Gasteiger partial charge in [0, 0.05) is 12.0 Å². The first-order chi connectivity index (χ1) is 9.56. The van der Waals surface area contributed by atoms with E-state index in [1.165, 1.54) is 0 Å². The third-order valence-electron chi connectivity index (χ3n) is 3.66.